The maximum absolute atomic E-state index is 13.2. The number of esters is 1. The van der Waals surface area contributed by atoms with Gasteiger partial charge in [0, 0.05) is 7.11 Å². The molecule has 0 unspecified atom stereocenters. The van der Waals surface area contributed by atoms with Crippen LogP contribution < -0.4 is 4.90 Å². The highest BCUT2D eigenvalue weighted by atomic mass is 16.5. The Morgan fingerprint density at radius 3 is 2.69 bits per heavy atom. The first kappa shape index (κ1) is 18.4. The van der Waals surface area contributed by atoms with Gasteiger partial charge in [-0.15, -0.1) is 0 Å². The number of benzene rings is 1. The number of carbonyl (C=O) groups excluding carboxylic acids is 2. The number of hydrogen-bond donors (Lipinski definition) is 0. The van der Waals surface area contributed by atoms with Gasteiger partial charge >= 0.3 is 5.97 Å². The van der Waals surface area contributed by atoms with Crippen molar-refractivity contribution in [1.29, 1.82) is 0 Å². The first-order valence-corrected chi connectivity index (χ1v) is 8.95. The molecule has 1 amide bonds. The van der Waals surface area contributed by atoms with Crippen molar-refractivity contribution in [2.45, 2.75) is 26.8 Å². The molecular formula is C19H25N3O4. The lowest BCUT2D eigenvalue weighted by atomic mass is 9.87. The molecule has 1 aliphatic heterocycles. The topological polar surface area (TPSA) is 73.7 Å². The van der Waals surface area contributed by atoms with E-state index in [2.05, 4.69) is 4.98 Å². The second-order valence-electron chi connectivity index (χ2n) is 6.72. The zero-order valence-corrected chi connectivity index (χ0v) is 15.6. The van der Waals surface area contributed by atoms with Crippen molar-refractivity contribution in [3.63, 3.8) is 0 Å². The maximum atomic E-state index is 13.2. The largest absolute Gasteiger partial charge is 0.465 e. The standard InChI is InChI=1S/C19H25N3O4/c1-5-26-18(24)15-16(12(2)3)22-14-9-7-6-8-13(14)20-19(22)21(17(15)23)10-11-25-4/h6-9,12,15-16H,5,10-11H2,1-4H3/t15-,16+/m0/s1. The molecule has 7 nitrogen and oxygen atoms in total. The van der Waals surface area contributed by atoms with Crippen LogP contribution in [0, 0.1) is 11.8 Å². The molecule has 3 rings (SSSR count). The Kier molecular flexibility index (Phi) is 5.27. The van der Waals surface area contributed by atoms with Crippen LogP contribution in [0.2, 0.25) is 0 Å². The van der Waals surface area contributed by atoms with Gasteiger partial charge in [0.2, 0.25) is 11.9 Å². The van der Waals surface area contributed by atoms with Crippen molar-refractivity contribution in [2.75, 3.05) is 31.8 Å². The summed E-state index contributed by atoms with van der Waals surface area (Å²) in [7, 11) is 1.58. The fraction of sp³-hybridized carbons (Fsp3) is 0.526. The molecule has 26 heavy (non-hydrogen) atoms. The number of aromatic nitrogens is 2. The van der Waals surface area contributed by atoms with Crippen molar-refractivity contribution in [1.82, 2.24) is 9.55 Å². The Hall–Kier alpha value is -2.41. The van der Waals surface area contributed by atoms with E-state index in [9.17, 15) is 9.59 Å². The van der Waals surface area contributed by atoms with E-state index >= 15 is 0 Å². The van der Waals surface area contributed by atoms with Gasteiger partial charge in [0.05, 0.1) is 36.8 Å². The van der Waals surface area contributed by atoms with Crippen LogP contribution in [-0.4, -0.2) is 48.3 Å². The van der Waals surface area contributed by atoms with Gasteiger partial charge in [0.1, 0.15) is 0 Å². The highest BCUT2D eigenvalue weighted by molar-refractivity contribution is 6.08. The highest BCUT2D eigenvalue weighted by Gasteiger charge is 2.48. The molecule has 1 aliphatic rings. The zero-order chi connectivity index (χ0) is 18.8. The van der Waals surface area contributed by atoms with E-state index in [1.54, 1.807) is 18.9 Å². The monoisotopic (exact) mass is 359 g/mol. The van der Waals surface area contributed by atoms with E-state index in [1.165, 1.54) is 0 Å². The molecule has 0 saturated heterocycles. The van der Waals surface area contributed by atoms with Crippen LogP contribution in [0.4, 0.5) is 5.95 Å². The van der Waals surface area contributed by atoms with E-state index < -0.39 is 11.9 Å². The predicted octanol–water partition coefficient (Wildman–Crippen LogP) is 2.41. The normalized spacial score (nSPS) is 19.9. The van der Waals surface area contributed by atoms with Gasteiger partial charge in [-0.25, -0.2) is 4.98 Å². The third kappa shape index (κ3) is 2.96. The summed E-state index contributed by atoms with van der Waals surface area (Å²) in [6, 6.07) is 7.38. The van der Waals surface area contributed by atoms with Gasteiger partial charge < -0.3 is 14.0 Å². The molecule has 2 atom stereocenters. The van der Waals surface area contributed by atoms with E-state index in [0.717, 1.165) is 11.0 Å². The van der Waals surface area contributed by atoms with Crippen LogP contribution in [0.5, 0.6) is 0 Å². The van der Waals surface area contributed by atoms with E-state index in [0.29, 0.717) is 19.1 Å². The predicted molar refractivity (Wildman–Crippen MR) is 98.0 cm³/mol. The molecular weight excluding hydrogens is 334 g/mol. The van der Waals surface area contributed by atoms with Gasteiger partial charge in [0.25, 0.3) is 0 Å². The quantitative estimate of drug-likeness (QED) is 0.585. The summed E-state index contributed by atoms with van der Waals surface area (Å²) < 4.78 is 12.4. The lowest BCUT2D eigenvalue weighted by Gasteiger charge is -2.39. The average Bonchev–Trinajstić information content (AvgIpc) is 2.99. The van der Waals surface area contributed by atoms with Gasteiger partial charge in [-0.3, -0.25) is 14.5 Å². The summed E-state index contributed by atoms with van der Waals surface area (Å²) in [6.07, 6.45) is 0. The summed E-state index contributed by atoms with van der Waals surface area (Å²) in [6.45, 7) is 6.69. The summed E-state index contributed by atoms with van der Waals surface area (Å²) in [5.41, 5.74) is 1.71. The van der Waals surface area contributed by atoms with Crippen molar-refractivity contribution in [2.24, 2.45) is 11.8 Å². The number of ether oxygens (including phenoxy) is 2. The van der Waals surface area contributed by atoms with Crippen LogP contribution in [0.15, 0.2) is 24.3 Å². The fourth-order valence-corrected chi connectivity index (χ4v) is 3.63. The SMILES string of the molecule is CCOC(=O)[C@@H]1C(=O)N(CCOC)c2nc3ccccc3n2[C@@H]1C(C)C. The Morgan fingerprint density at radius 1 is 1.31 bits per heavy atom. The first-order chi connectivity index (χ1) is 12.5. The molecule has 0 saturated carbocycles. The second kappa shape index (κ2) is 7.45. The number of para-hydroxylation sites is 2. The number of anilines is 1. The molecule has 2 aromatic rings. The average molecular weight is 359 g/mol. The molecule has 0 bridgehead atoms. The lowest BCUT2D eigenvalue weighted by Crippen LogP contribution is -2.51. The van der Waals surface area contributed by atoms with Crippen LogP contribution in [-0.2, 0) is 19.1 Å². The molecule has 0 radical (unpaired) electrons. The van der Waals surface area contributed by atoms with Crippen LogP contribution >= 0.6 is 0 Å². The number of fused-ring (bicyclic) bond motifs is 3. The second-order valence-corrected chi connectivity index (χ2v) is 6.72. The molecule has 0 N–H and O–H groups in total. The van der Waals surface area contributed by atoms with Crippen molar-refractivity contribution in [3.8, 4) is 0 Å². The third-order valence-corrected chi connectivity index (χ3v) is 4.73. The van der Waals surface area contributed by atoms with Crippen LogP contribution in [0.25, 0.3) is 11.0 Å². The number of methoxy groups -OCH3 is 1. The van der Waals surface area contributed by atoms with Crippen LogP contribution in [0.3, 0.4) is 0 Å². The number of rotatable bonds is 6. The molecule has 0 spiro atoms. The summed E-state index contributed by atoms with van der Waals surface area (Å²) >= 11 is 0. The number of carbonyl (C=O) groups is 2. The van der Waals surface area contributed by atoms with Gasteiger partial charge in [-0.05, 0) is 25.0 Å². The van der Waals surface area contributed by atoms with Crippen molar-refractivity contribution >= 4 is 28.9 Å². The van der Waals surface area contributed by atoms with Crippen LogP contribution in [0.1, 0.15) is 26.8 Å². The lowest BCUT2D eigenvalue weighted by molar-refractivity contribution is -0.154. The van der Waals surface area contributed by atoms with Crippen molar-refractivity contribution in [3.05, 3.63) is 24.3 Å². The van der Waals surface area contributed by atoms with Gasteiger partial charge in [-0.2, -0.15) is 0 Å². The Labute approximate surface area is 152 Å². The first-order valence-electron chi connectivity index (χ1n) is 8.95. The summed E-state index contributed by atoms with van der Waals surface area (Å²) in [4.78, 5) is 32.1. The zero-order valence-electron chi connectivity index (χ0n) is 15.6. The molecule has 7 heteroatoms. The molecule has 1 aromatic carbocycles. The number of amides is 1. The minimum absolute atomic E-state index is 0.0503. The molecule has 1 aromatic heterocycles. The Balaban J connectivity index is 2.21. The van der Waals surface area contributed by atoms with Gasteiger partial charge in [0.15, 0.2) is 5.92 Å². The van der Waals surface area contributed by atoms with Gasteiger partial charge in [-0.1, -0.05) is 26.0 Å². The minimum Gasteiger partial charge on any atom is -0.465 e. The highest BCUT2D eigenvalue weighted by Crippen LogP contribution is 2.41. The minimum atomic E-state index is -0.892. The summed E-state index contributed by atoms with van der Waals surface area (Å²) in [5.74, 6) is -1.04. The molecule has 140 valence electrons. The molecule has 0 aliphatic carbocycles. The summed E-state index contributed by atoms with van der Waals surface area (Å²) in [5, 5.41) is 0. The smallest absolute Gasteiger partial charge is 0.320 e. The van der Waals surface area contributed by atoms with Crippen molar-refractivity contribution < 1.29 is 19.1 Å². The number of hydrogen-bond acceptors (Lipinski definition) is 5. The molecule has 2 heterocycles. The Morgan fingerprint density at radius 2 is 2.04 bits per heavy atom. The Bertz CT molecular complexity index is 814. The fourth-order valence-electron chi connectivity index (χ4n) is 3.63. The third-order valence-electron chi connectivity index (χ3n) is 4.73. The number of imidazole rings is 1. The van der Waals surface area contributed by atoms with E-state index in [4.69, 9.17) is 9.47 Å². The van der Waals surface area contributed by atoms with E-state index in [-0.39, 0.29) is 24.5 Å². The number of nitrogens with zero attached hydrogens (tertiary/aromatic N) is 3. The maximum Gasteiger partial charge on any atom is 0.320 e. The molecule has 0 fully saturated rings. The van der Waals surface area contributed by atoms with E-state index in [1.807, 2.05) is 42.7 Å².